The van der Waals surface area contributed by atoms with Gasteiger partial charge in [0.1, 0.15) is 5.78 Å². The van der Waals surface area contributed by atoms with Crippen LogP contribution < -0.4 is 0 Å². The summed E-state index contributed by atoms with van der Waals surface area (Å²) in [6, 6.07) is 15.3. The lowest BCUT2D eigenvalue weighted by Gasteiger charge is -2.32. The third-order valence-corrected chi connectivity index (χ3v) is 5.77. The van der Waals surface area contributed by atoms with Crippen LogP contribution in [0.3, 0.4) is 0 Å². The van der Waals surface area contributed by atoms with Crippen molar-refractivity contribution in [3.63, 3.8) is 0 Å². The molecule has 3 rings (SSSR count). The maximum Gasteiger partial charge on any atom is 0.163 e. The van der Waals surface area contributed by atoms with Gasteiger partial charge < -0.3 is 0 Å². The van der Waals surface area contributed by atoms with Crippen LogP contribution >= 0.6 is 11.6 Å². The van der Waals surface area contributed by atoms with Crippen molar-refractivity contribution in [3.05, 3.63) is 70.2 Å². The Bertz CT molecular complexity index is 777. The van der Waals surface area contributed by atoms with Crippen molar-refractivity contribution < 1.29 is 9.59 Å². The molecule has 26 heavy (non-hydrogen) atoms. The number of aryl methyl sites for hydroxylation is 1. The number of rotatable bonds is 5. The van der Waals surface area contributed by atoms with Gasteiger partial charge in [0, 0.05) is 35.3 Å². The Kier molecular flexibility index (Phi) is 5.93. The quantitative estimate of drug-likeness (QED) is 0.605. The highest BCUT2D eigenvalue weighted by atomic mass is 35.5. The third kappa shape index (κ3) is 4.42. The number of Topliss-reactive ketones (excluding diaryl/α,β-unsaturated/α-hetero) is 2. The van der Waals surface area contributed by atoms with Crippen molar-refractivity contribution in [1.29, 1.82) is 0 Å². The second-order valence-corrected chi connectivity index (χ2v) is 8.04. The van der Waals surface area contributed by atoms with Crippen molar-refractivity contribution in [2.75, 3.05) is 0 Å². The number of benzene rings is 2. The summed E-state index contributed by atoms with van der Waals surface area (Å²) in [5.74, 6) is 0.725. The van der Waals surface area contributed by atoms with Crippen LogP contribution in [0.2, 0.25) is 5.02 Å². The highest BCUT2D eigenvalue weighted by Gasteiger charge is 2.35. The molecule has 136 valence electrons. The van der Waals surface area contributed by atoms with Crippen LogP contribution in [0.15, 0.2) is 48.5 Å². The van der Waals surface area contributed by atoms with Crippen LogP contribution in [-0.2, 0) is 4.79 Å². The third-order valence-electron chi connectivity index (χ3n) is 5.52. The normalized spacial score (nSPS) is 21.4. The highest BCUT2D eigenvalue weighted by molar-refractivity contribution is 6.30. The van der Waals surface area contributed by atoms with Gasteiger partial charge in [-0.15, -0.1) is 0 Å². The SMILES string of the molecule is Cc1ccc(C(=O)C[C@H](c2ccc(Cl)cc2)[C@@H]2C[C@@H](C)CCC2=O)cc1. The van der Waals surface area contributed by atoms with Crippen LogP contribution in [0.1, 0.15) is 60.0 Å². The molecule has 0 saturated heterocycles. The summed E-state index contributed by atoms with van der Waals surface area (Å²) in [6.45, 7) is 4.20. The standard InChI is InChI=1S/C23H25ClO2/c1-15-3-6-18(7-4-15)23(26)14-20(17-8-10-19(24)11-9-17)21-13-16(2)5-12-22(21)25/h3-4,6-11,16,20-21H,5,12-14H2,1-2H3/t16-,20+,21-/m0/s1. The first-order chi connectivity index (χ1) is 12.4. The van der Waals surface area contributed by atoms with E-state index in [9.17, 15) is 9.59 Å². The Hall–Kier alpha value is -1.93. The Morgan fingerprint density at radius 1 is 1.12 bits per heavy atom. The maximum atomic E-state index is 12.9. The molecule has 3 heteroatoms. The van der Waals surface area contributed by atoms with E-state index in [1.807, 2.05) is 55.5 Å². The van der Waals surface area contributed by atoms with E-state index in [2.05, 4.69) is 6.92 Å². The van der Waals surface area contributed by atoms with E-state index in [4.69, 9.17) is 11.6 Å². The molecule has 3 atom stereocenters. The molecule has 0 heterocycles. The molecule has 0 unspecified atom stereocenters. The average Bonchev–Trinajstić information content (AvgIpc) is 2.63. The van der Waals surface area contributed by atoms with Gasteiger partial charge in [-0.3, -0.25) is 9.59 Å². The molecular formula is C23H25ClO2. The minimum atomic E-state index is -0.0886. The number of ketones is 2. The molecule has 1 fully saturated rings. The van der Waals surface area contributed by atoms with Crippen LogP contribution in [0.4, 0.5) is 0 Å². The first kappa shape index (κ1) is 18.8. The summed E-state index contributed by atoms with van der Waals surface area (Å²) in [4.78, 5) is 25.5. The van der Waals surface area contributed by atoms with Crippen molar-refractivity contribution in [2.45, 2.75) is 45.4 Å². The minimum absolute atomic E-state index is 0.0867. The molecule has 0 aliphatic heterocycles. The van der Waals surface area contributed by atoms with Crippen molar-refractivity contribution in [2.24, 2.45) is 11.8 Å². The Morgan fingerprint density at radius 2 is 1.77 bits per heavy atom. The summed E-state index contributed by atoms with van der Waals surface area (Å²) in [5, 5.41) is 0.667. The van der Waals surface area contributed by atoms with Crippen LogP contribution in [0.25, 0.3) is 0 Å². The second kappa shape index (κ2) is 8.18. The van der Waals surface area contributed by atoms with E-state index in [1.54, 1.807) is 0 Å². The number of carbonyl (C=O) groups excluding carboxylic acids is 2. The van der Waals surface area contributed by atoms with E-state index in [1.165, 1.54) is 0 Å². The second-order valence-electron chi connectivity index (χ2n) is 7.60. The summed E-state index contributed by atoms with van der Waals surface area (Å²) in [5.41, 5.74) is 2.88. The topological polar surface area (TPSA) is 34.1 Å². The minimum Gasteiger partial charge on any atom is -0.299 e. The monoisotopic (exact) mass is 368 g/mol. The predicted molar refractivity (Wildman–Crippen MR) is 106 cm³/mol. The molecule has 0 N–H and O–H groups in total. The lowest BCUT2D eigenvalue weighted by Crippen LogP contribution is -2.30. The fourth-order valence-electron chi connectivity index (χ4n) is 3.90. The fourth-order valence-corrected chi connectivity index (χ4v) is 4.03. The molecule has 0 aromatic heterocycles. The Labute approximate surface area is 160 Å². The van der Waals surface area contributed by atoms with Gasteiger partial charge in [-0.1, -0.05) is 60.5 Å². The molecule has 2 aromatic rings. The molecule has 0 spiro atoms. The number of carbonyl (C=O) groups is 2. The molecule has 0 radical (unpaired) electrons. The molecule has 2 aromatic carbocycles. The average molecular weight is 369 g/mol. The molecule has 2 nitrogen and oxygen atoms in total. The van der Waals surface area contributed by atoms with Crippen molar-refractivity contribution in [3.8, 4) is 0 Å². The van der Waals surface area contributed by atoms with E-state index >= 15 is 0 Å². The predicted octanol–water partition coefficient (Wildman–Crippen LogP) is 6.01. The van der Waals surface area contributed by atoms with Gasteiger partial charge in [0.05, 0.1) is 0 Å². The summed E-state index contributed by atoms with van der Waals surface area (Å²) < 4.78 is 0. The largest absolute Gasteiger partial charge is 0.299 e. The van der Waals surface area contributed by atoms with Crippen LogP contribution in [-0.4, -0.2) is 11.6 Å². The van der Waals surface area contributed by atoms with Crippen molar-refractivity contribution in [1.82, 2.24) is 0 Å². The molecule has 0 bridgehead atoms. The lowest BCUT2D eigenvalue weighted by atomic mass is 9.70. The van der Waals surface area contributed by atoms with Gasteiger partial charge in [-0.05, 0) is 43.4 Å². The zero-order chi connectivity index (χ0) is 18.7. The first-order valence-electron chi connectivity index (χ1n) is 9.32. The zero-order valence-corrected chi connectivity index (χ0v) is 16.1. The van der Waals surface area contributed by atoms with Gasteiger partial charge in [-0.25, -0.2) is 0 Å². The summed E-state index contributed by atoms with van der Waals surface area (Å²) in [6.07, 6.45) is 2.78. The highest BCUT2D eigenvalue weighted by Crippen LogP contribution is 2.39. The maximum absolute atomic E-state index is 12.9. The van der Waals surface area contributed by atoms with Crippen LogP contribution in [0, 0.1) is 18.8 Å². The fraction of sp³-hybridized carbons (Fsp3) is 0.391. The zero-order valence-electron chi connectivity index (χ0n) is 15.4. The van der Waals surface area contributed by atoms with E-state index < -0.39 is 0 Å². The van der Waals surface area contributed by atoms with E-state index in [-0.39, 0.29) is 17.6 Å². The molecule has 1 aliphatic carbocycles. The van der Waals surface area contributed by atoms with Gasteiger partial charge in [0.2, 0.25) is 0 Å². The number of hydrogen-bond donors (Lipinski definition) is 0. The molecular weight excluding hydrogens is 344 g/mol. The van der Waals surface area contributed by atoms with Gasteiger partial charge in [0.15, 0.2) is 5.78 Å². The molecule has 0 amide bonds. The van der Waals surface area contributed by atoms with Gasteiger partial charge in [-0.2, -0.15) is 0 Å². The first-order valence-corrected chi connectivity index (χ1v) is 9.70. The van der Waals surface area contributed by atoms with Gasteiger partial charge in [0.25, 0.3) is 0 Å². The number of hydrogen-bond acceptors (Lipinski definition) is 2. The van der Waals surface area contributed by atoms with E-state index in [0.717, 1.165) is 24.0 Å². The Balaban J connectivity index is 1.89. The van der Waals surface area contributed by atoms with Crippen molar-refractivity contribution >= 4 is 23.2 Å². The lowest BCUT2D eigenvalue weighted by molar-refractivity contribution is -0.126. The van der Waals surface area contributed by atoms with E-state index in [0.29, 0.717) is 35.1 Å². The smallest absolute Gasteiger partial charge is 0.163 e. The van der Waals surface area contributed by atoms with Crippen LogP contribution in [0.5, 0.6) is 0 Å². The van der Waals surface area contributed by atoms with Gasteiger partial charge >= 0.3 is 0 Å². The summed E-state index contributed by atoms with van der Waals surface area (Å²) in [7, 11) is 0. The molecule has 1 saturated carbocycles. The molecule has 1 aliphatic rings. The number of halogens is 1. The summed E-state index contributed by atoms with van der Waals surface area (Å²) >= 11 is 6.04. The Morgan fingerprint density at radius 3 is 2.42 bits per heavy atom.